The van der Waals surface area contributed by atoms with Gasteiger partial charge in [0.1, 0.15) is 0 Å². The minimum atomic E-state index is -3.71. The molecule has 5 rings (SSSR count). The highest BCUT2D eigenvalue weighted by Crippen LogP contribution is 2.28. The maximum absolute atomic E-state index is 13.2. The number of aromatic nitrogens is 2. The van der Waals surface area contributed by atoms with E-state index in [1.54, 1.807) is 43.5 Å². The zero-order chi connectivity index (χ0) is 23.0. The van der Waals surface area contributed by atoms with E-state index in [2.05, 4.69) is 46.1 Å². The van der Waals surface area contributed by atoms with E-state index in [0.717, 1.165) is 49.2 Å². The predicted molar refractivity (Wildman–Crippen MR) is 132 cm³/mol. The van der Waals surface area contributed by atoms with Crippen molar-refractivity contribution < 1.29 is 8.42 Å². The molecule has 0 amide bonds. The maximum Gasteiger partial charge on any atom is 0.269 e. The molecule has 1 fully saturated rings. The second-order valence-corrected chi connectivity index (χ2v) is 10.6. The monoisotopic (exact) mass is 460 g/mol. The molecule has 0 aliphatic carbocycles. The first-order chi connectivity index (χ1) is 15.9. The third-order valence-electron chi connectivity index (χ3n) is 6.34. The molecule has 0 unspecified atom stereocenters. The van der Waals surface area contributed by atoms with Gasteiger partial charge in [-0.2, -0.15) is 0 Å². The summed E-state index contributed by atoms with van der Waals surface area (Å²) in [5.41, 5.74) is 4.44. The van der Waals surface area contributed by atoms with Gasteiger partial charge in [0, 0.05) is 55.6 Å². The van der Waals surface area contributed by atoms with Gasteiger partial charge in [-0.05, 0) is 49.4 Å². The van der Waals surface area contributed by atoms with Crippen molar-refractivity contribution >= 4 is 21.1 Å². The van der Waals surface area contributed by atoms with Crippen LogP contribution < -0.4 is 0 Å². The molecule has 0 radical (unpaired) electrons. The lowest BCUT2D eigenvalue weighted by atomic mass is 10.0. The van der Waals surface area contributed by atoms with Crippen molar-refractivity contribution in [2.24, 2.45) is 0 Å². The van der Waals surface area contributed by atoms with E-state index in [0.29, 0.717) is 11.3 Å². The summed E-state index contributed by atoms with van der Waals surface area (Å²) in [5.74, 6) is 0. The average molecular weight is 461 g/mol. The highest BCUT2D eigenvalue weighted by Gasteiger charge is 2.22. The van der Waals surface area contributed by atoms with Crippen LogP contribution >= 0.6 is 0 Å². The SMILES string of the molecule is Cc1cc2cc(-c3ccc(CN4CCN(C)CC4)cc3)cnc2n1S(=O)(=O)c1ccccc1. The van der Waals surface area contributed by atoms with E-state index in [9.17, 15) is 8.42 Å². The van der Waals surface area contributed by atoms with Crippen LogP contribution in [-0.4, -0.2) is 60.4 Å². The van der Waals surface area contributed by atoms with Crippen molar-refractivity contribution in [3.63, 3.8) is 0 Å². The fourth-order valence-electron chi connectivity index (χ4n) is 4.43. The van der Waals surface area contributed by atoms with E-state index in [1.165, 1.54) is 9.54 Å². The molecular weight excluding hydrogens is 432 g/mol. The number of pyridine rings is 1. The molecule has 7 heteroatoms. The number of likely N-dealkylation sites (N-methyl/N-ethyl adjacent to an activating group) is 1. The second kappa shape index (κ2) is 8.74. The van der Waals surface area contributed by atoms with Crippen LogP contribution in [0, 0.1) is 6.92 Å². The maximum atomic E-state index is 13.2. The lowest BCUT2D eigenvalue weighted by Crippen LogP contribution is -2.43. The summed E-state index contributed by atoms with van der Waals surface area (Å²) in [4.78, 5) is 9.67. The van der Waals surface area contributed by atoms with Crippen molar-refractivity contribution in [3.05, 3.63) is 84.2 Å². The topological polar surface area (TPSA) is 58.4 Å². The molecule has 4 aromatic rings. The fraction of sp³-hybridized carbons (Fsp3) is 0.269. The Labute approximate surface area is 195 Å². The van der Waals surface area contributed by atoms with Gasteiger partial charge in [-0.1, -0.05) is 42.5 Å². The van der Waals surface area contributed by atoms with Gasteiger partial charge < -0.3 is 4.90 Å². The van der Waals surface area contributed by atoms with E-state index in [4.69, 9.17) is 0 Å². The van der Waals surface area contributed by atoms with Crippen molar-refractivity contribution in [1.29, 1.82) is 0 Å². The standard InChI is InChI=1S/C26H28N4O2S/c1-20-16-23-17-24(18-27-26(23)30(20)33(31,32)25-6-4-3-5-7-25)22-10-8-21(9-11-22)19-29-14-12-28(2)13-15-29/h3-11,16-18H,12-15,19H2,1-2H3. The molecule has 0 saturated carbocycles. The number of nitrogens with zero attached hydrogens (tertiary/aromatic N) is 4. The first-order valence-electron chi connectivity index (χ1n) is 11.2. The van der Waals surface area contributed by atoms with Crippen molar-refractivity contribution in [2.45, 2.75) is 18.4 Å². The molecule has 3 heterocycles. The van der Waals surface area contributed by atoms with Crippen molar-refractivity contribution in [1.82, 2.24) is 18.8 Å². The zero-order valence-electron chi connectivity index (χ0n) is 19.0. The number of fused-ring (bicyclic) bond motifs is 1. The van der Waals surface area contributed by atoms with Crippen molar-refractivity contribution in [2.75, 3.05) is 33.2 Å². The Morgan fingerprint density at radius 1 is 0.879 bits per heavy atom. The normalized spacial score (nSPS) is 15.8. The van der Waals surface area contributed by atoms with Crippen LogP contribution in [0.3, 0.4) is 0 Å². The molecule has 0 spiro atoms. The van der Waals surface area contributed by atoms with Crippen LogP contribution in [0.1, 0.15) is 11.3 Å². The minimum absolute atomic E-state index is 0.257. The smallest absolute Gasteiger partial charge is 0.269 e. The summed E-state index contributed by atoms with van der Waals surface area (Å²) in [7, 11) is -1.54. The number of piperazine rings is 1. The molecule has 0 bridgehead atoms. The number of aryl methyl sites for hydroxylation is 1. The van der Waals surface area contributed by atoms with Gasteiger partial charge in [-0.25, -0.2) is 17.4 Å². The summed E-state index contributed by atoms with van der Waals surface area (Å²) < 4.78 is 27.8. The fourth-order valence-corrected chi connectivity index (χ4v) is 5.95. The van der Waals surface area contributed by atoms with Gasteiger partial charge in [0.05, 0.1) is 4.90 Å². The first-order valence-corrected chi connectivity index (χ1v) is 12.6. The summed E-state index contributed by atoms with van der Waals surface area (Å²) in [5, 5.41) is 0.811. The van der Waals surface area contributed by atoms with Gasteiger partial charge in [-0.15, -0.1) is 0 Å². The molecule has 170 valence electrons. The Balaban J connectivity index is 1.41. The Hall–Kier alpha value is -3.00. The van der Waals surface area contributed by atoms with E-state index < -0.39 is 10.0 Å². The third kappa shape index (κ3) is 4.31. The lowest BCUT2D eigenvalue weighted by molar-refractivity contribution is 0.148. The summed E-state index contributed by atoms with van der Waals surface area (Å²) in [6.07, 6.45) is 1.76. The highest BCUT2D eigenvalue weighted by atomic mass is 32.2. The molecule has 0 atom stereocenters. The van der Waals surface area contributed by atoms with Gasteiger partial charge in [0.2, 0.25) is 0 Å². The van der Waals surface area contributed by atoms with Gasteiger partial charge >= 0.3 is 0 Å². The van der Waals surface area contributed by atoms with Gasteiger partial charge in [0.25, 0.3) is 10.0 Å². The molecule has 2 aromatic carbocycles. The summed E-state index contributed by atoms with van der Waals surface area (Å²) in [6, 6.07) is 21.0. The second-order valence-electron chi connectivity index (χ2n) is 8.78. The number of rotatable bonds is 5. The van der Waals surface area contributed by atoms with Gasteiger partial charge in [0.15, 0.2) is 5.65 Å². The number of hydrogen-bond donors (Lipinski definition) is 0. The number of benzene rings is 2. The predicted octanol–water partition coefficient (Wildman–Crippen LogP) is 4.00. The van der Waals surface area contributed by atoms with Crippen LogP contribution in [0.4, 0.5) is 0 Å². The molecule has 1 aliphatic heterocycles. The molecule has 0 N–H and O–H groups in total. The highest BCUT2D eigenvalue weighted by molar-refractivity contribution is 7.90. The Morgan fingerprint density at radius 3 is 2.27 bits per heavy atom. The zero-order valence-corrected chi connectivity index (χ0v) is 19.8. The molecule has 1 saturated heterocycles. The van der Waals surface area contributed by atoms with Crippen LogP contribution in [0.15, 0.2) is 77.8 Å². The lowest BCUT2D eigenvalue weighted by Gasteiger charge is -2.32. The van der Waals surface area contributed by atoms with Gasteiger partial charge in [-0.3, -0.25) is 4.90 Å². The first kappa shape index (κ1) is 21.8. The molecule has 1 aliphatic rings. The van der Waals surface area contributed by atoms with E-state index in [-0.39, 0.29) is 4.90 Å². The van der Waals surface area contributed by atoms with Crippen LogP contribution in [0.5, 0.6) is 0 Å². The molecule has 33 heavy (non-hydrogen) atoms. The van der Waals surface area contributed by atoms with Crippen LogP contribution in [0.25, 0.3) is 22.2 Å². The molecular formula is C26H28N4O2S. The Bertz CT molecular complexity index is 1370. The third-order valence-corrected chi connectivity index (χ3v) is 8.15. The summed E-state index contributed by atoms with van der Waals surface area (Å²) >= 11 is 0. The Kier molecular flexibility index (Phi) is 5.78. The number of hydrogen-bond acceptors (Lipinski definition) is 5. The summed E-state index contributed by atoms with van der Waals surface area (Å²) in [6.45, 7) is 7.19. The van der Waals surface area contributed by atoms with E-state index >= 15 is 0 Å². The minimum Gasteiger partial charge on any atom is -0.304 e. The molecule has 2 aromatic heterocycles. The van der Waals surface area contributed by atoms with Crippen LogP contribution in [-0.2, 0) is 16.6 Å². The Morgan fingerprint density at radius 2 is 1.58 bits per heavy atom. The molecule has 6 nitrogen and oxygen atoms in total. The van der Waals surface area contributed by atoms with Crippen molar-refractivity contribution in [3.8, 4) is 11.1 Å². The largest absolute Gasteiger partial charge is 0.304 e. The van der Waals surface area contributed by atoms with E-state index in [1.807, 2.05) is 12.1 Å². The average Bonchev–Trinajstić information content (AvgIpc) is 3.17. The quantitative estimate of drug-likeness (QED) is 0.451. The van der Waals surface area contributed by atoms with Crippen LogP contribution in [0.2, 0.25) is 0 Å².